The number of benzene rings is 1. The fourth-order valence-electron chi connectivity index (χ4n) is 2.54. The molecule has 0 aliphatic heterocycles. The Bertz CT molecular complexity index is 860. The highest BCUT2D eigenvalue weighted by molar-refractivity contribution is 5.93. The second kappa shape index (κ2) is 8.19. The van der Waals surface area contributed by atoms with Crippen molar-refractivity contribution in [3.8, 4) is 0 Å². The van der Waals surface area contributed by atoms with Gasteiger partial charge in [-0.15, -0.1) is 0 Å². The smallest absolute Gasteiger partial charge is 0.270 e. The highest BCUT2D eigenvalue weighted by atomic mass is 16.1. The predicted molar refractivity (Wildman–Crippen MR) is 98.9 cm³/mol. The molecule has 1 aromatic carbocycles. The second-order valence-corrected chi connectivity index (χ2v) is 5.73. The quantitative estimate of drug-likeness (QED) is 0.644. The molecule has 0 spiro atoms. The minimum absolute atomic E-state index is 0.183. The van der Waals surface area contributed by atoms with Crippen molar-refractivity contribution in [2.45, 2.75) is 26.2 Å². The first-order valence-electron chi connectivity index (χ1n) is 8.50. The van der Waals surface area contributed by atoms with Gasteiger partial charge in [0.15, 0.2) is 0 Å². The number of fused-ring (bicyclic) bond motifs is 1. The monoisotopic (exact) mass is 335 g/mol. The lowest BCUT2D eigenvalue weighted by Crippen LogP contribution is -2.25. The summed E-state index contributed by atoms with van der Waals surface area (Å²) in [6.07, 6.45) is 6.52. The molecule has 0 unspecified atom stereocenters. The van der Waals surface area contributed by atoms with Crippen molar-refractivity contribution in [1.82, 2.24) is 20.3 Å². The van der Waals surface area contributed by atoms with Crippen molar-refractivity contribution in [2.24, 2.45) is 0 Å². The van der Waals surface area contributed by atoms with E-state index in [1.54, 1.807) is 18.5 Å². The van der Waals surface area contributed by atoms with Crippen LogP contribution in [0.5, 0.6) is 0 Å². The predicted octanol–water partition coefficient (Wildman–Crippen LogP) is 3.69. The molecule has 6 heteroatoms. The molecule has 3 rings (SSSR count). The van der Waals surface area contributed by atoms with Crippen LogP contribution in [0.25, 0.3) is 10.9 Å². The van der Waals surface area contributed by atoms with Crippen molar-refractivity contribution >= 4 is 28.4 Å². The molecule has 0 aliphatic rings. The van der Waals surface area contributed by atoms with Gasteiger partial charge in [-0.1, -0.05) is 38.0 Å². The summed E-state index contributed by atoms with van der Waals surface area (Å²) >= 11 is 0. The maximum atomic E-state index is 12.2. The van der Waals surface area contributed by atoms with Crippen LogP contribution in [0.3, 0.4) is 0 Å². The van der Waals surface area contributed by atoms with Crippen LogP contribution in [0.1, 0.15) is 36.7 Å². The van der Waals surface area contributed by atoms with Gasteiger partial charge in [0.25, 0.3) is 5.91 Å². The standard InChI is InChI=1S/C19H21N5O/c1-2-3-4-11-21-18(25)16-10-13-22-19(24-16)23-15-9-5-7-14-8-6-12-20-17(14)15/h5-10,12-13H,2-4,11H2,1H3,(H,21,25)(H,22,23,24). The molecule has 0 radical (unpaired) electrons. The van der Waals surface area contributed by atoms with Crippen molar-refractivity contribution in [2.75, 3.05) is 11.9 Å². The largest absolute Gasteiger partial charge is 0.351 e. The van der Waals surface area contributed by atoms with Crippen molar-refractivity contribution in [1.29, 1.82) is 0 Å². The Morgan fingerprint density at radius 3 is 2.80 bits per heavy atom. The zero-order valence-corrected chi connectivity index (χ0v) is 14.2. The van der Waals surface area contributed by atoms with Gasteiger partial charge in [0.2, 0.25) is 5.95 Å². The zero-order chi connectivity index (χ0) is 17.5. The molecule has 3 aromatic rings. The first-order chi connectivity index (χ1) is 12.3. The lowest BCUT2D eigenvalue weighted by molar-refractivity contribution is 0.0948. The fraction of sp³-hybridized carbons (Fsp3) is 0.263. The van der Waals surface area contributed by atoms with Gasteiger partial charge in [0, 0.05) is 24.3 Å². The molecule has 2 aromatic heterocycles. The summed E-state index contributed by atoms with van der Waals surface area (Å²) < 4.78 is 0. The van der Waals surface area contributed by atoms with Crippen LogP contribution in [0.15, 0.2) is 48.8 Å². The number of amides is 1. The number of nitrogens with one attached hydrogen (secondary N) is 2. The van der Waals surface area contributed by atoms with E-state index in [1.165, 1.54) is 0 Å². The van der Waals surface area contributed by atoms with E-state index in [4.69, 9.17) is 0 Å². The molecule has 0 atom stereocenters. The summed E-state index contributed by atoms with van der Waals surface area (Å²) in [5, 5.41) is 7.06. The molecular weight excluding hydrogens is 314 g/mol. The van der Waals surface area contributed by atoms with E-state index in [0.717, 1.165) is 35.9 Å². The minimum atomic E-state index is -0.183. The molecule has 128 valence electrons. The van der Waals surface area contributed by atoms with E-state index in [0.29, 0.717) is 18.2 Å². The first-order valence-corrected chi connectivity index (χ1v) is 8.50. The lowest BCUT2D eigenvalue weighted by atomic mass is 10.2. The van der Waals surface area contributed by atoms with Crippen LogP contribution in [-0.4, -0.2) is 27.4 Å². The van der Waals surface area contributed by atoms with Crippen molar-refractivity contribution < 1.29 is 4.79 Å². The lowest BCUT2D eigenvalue weighted by Gasteiger charge is -2.09. The van der Waals surface area contributed by atoms with Crippen LogP contribution in [0, 0.1) is 0 Å². The molecular formula is C19H21N5O. The zero-order valence-electron chi connectivity index (χ0n) is 14.2. The number of hydrogen-bond acceptors (Lipinski definition) is 5. The molecule has 6 nitrogen and oxygen atoms in total. The summed E-state index contributed by atoms with van der Waals surface area (Å²) in [5.41, 5.74) is 1.99. The van der Waals surface area contributed by atoms with E-state index in [1.807, 2.05) is 30.3 Å². The van der Waals surface area contributed by atoms with Gasteiger partial charge in [-0.3, -0.25) is 9.78 Å². The van der Waals surface area contributed by atoms with Crippen LogP contribution in [0.4, 0.5) is 11.6 Å². The molecule has 25 heavy (non-hydrogen) atoms. The third-order valence-corrected chi connectivity index (χ3v) is 3.83. The van der Waals surface area contributed by atoms with E-state index in [-0.39, 0.29) is 5.91 Å². The Morgan fingerprint density at radius 1 is 1.04 bits per heavy atom. The number of unbranched alkanes of at least 4 members (excludes halogenated alkanes) is 2. The Kier molecular flexibility index (Phi) is 5.51. The Balaban J connectivity index is 1.74. The van der Waals surface area contributed by atoms with Gasteiger partial charge < -0.3 is 10.6 Å². The number of nitrogens with zero attached hydrogens (tertiary/aromatic N) is 3. The molecule has 2 N–H and O–H groups in total. The van der Waals surface area contributed by atoms with Gasteiger partial charge >= 0.3 is 0 Å². The molecule has 0 saturated carbocycles. The molecule has 0 saturated heterocycles. The highest BCUT2D eigenvalue weighted by Crippen LogP contribution is 2.22. The van der Waals surface area contributed by atoms with Gasteiger partial charge in [0.05, 0.1) is 11.2 Å². The average Bonchev–Trinajstić information content (AvgIpc) is 2.66. The topological polar surface area (TPSA) is 79.8 Å². The maximum Gasteiger partial charge on any atom is 0.270 e. The van der Waals surface area contributed by atoms with Crippen LogP contribution < -0.4 is 10.6 Å². The van der Waals surface area contributed by atoms with Crippen LogP contribution >= 0.6 is 0 Å². The molecule has 2 heterocycles. The van der Waals surface area contributed by atoms with Crippen molar-refractivity contribution in [3.63, 3.8) is 0 Å². The average molecular weight is 335 g/mol. The molecule has 0 bridgehead atoms. The number of rotatable bonds is 7. The number of para-hydroxylation sites is 1. The van der Waals surface area contributed by atoms with E-state index < -0.39 is 0 Å². The number of pyridine rings is 1. The van der Waals surface area contributed by atoms with Gasteiger partial charge in [-0.05, 0) is 24.6 Å². The number of aromatic nitrogens is 3. The summed E-state index contributed by atoms with van der Waals surface area (Å²) in [4.78, 5) is 25.1. The van der Waals surface area contributed by atoms with Gasteiger partial charge in [0.1, 0.15) is 5.69 Å². The van der Waals surface area contributed by atoms with Crippen LogP contribution in [0.2, 0.25) is 0 Å². The number of carbonyl (C=O) groups excluding carboxylic acids is 1. The third kappa shape index (κ3) is 4.29. The summed E-state index contributed by atoms with van der Waals surface area (Å²) in [7, 11) is 0. The van der Waals surface area contributed by atoms with Crippen LogP contribution in [-0.2, 0) is 0 Å². The van der Waals surface area contributed by atoms with E-state index in [9.17, 15) is 4.79 Å². The van der Waals surface area contributed by atoms with Gasteiger partial charge in [-0.2, -0.15) is 0 Å². The Morgan fingerprint density at radius 2 is 1.92 bits per heavy atom. The van der Waals surface area contributed by atoms with Crippen molar-refractivity contribution in [3.05, 3.63) is 54.5 Å². The van der Waals surface area contributed by atoms with E-state index >= 15 is 0 Å². The SMILES string of the molecule is CCCCCNC(=O)c1ccnc(Nc2cccc3cccnc23)n1. The fourth-order valence-corrected chi connectivity index (χ4v) is 2.54. The first kappa shape index (κ1) is 16.8. The number of carbonyl (C=O) groups is 1. The molecule has 0 aliphatic carbocycles. The summed E-state index contributed by atoms with van der Waals surface area (Å²) in [5.74, 6) is 0.192. The number of hydrogen-bond donors (Lipinski definition) is 2. The number of anilines is 2. The Labute approximate surface area is 146 Å². The molecule has 0 fully saturated rings. The molecule has 1 amide bonds. The maximum absolute atomic E-state index is 12.2. The summed E-state index contributed by atoms with van der Waals surface area (Å²) in [6.45, 7) is 2.79. The highest BCUT2D eigenvalue weighted by Gasteiger charge is 2.09. The second-order valence-electron chi connectivity index (χ2n) is 5.73. The minimum Gasteiger partial charge on any atom is -0.351 e. The third-order valence-electron chi connectivity index (χ3n) is 3.83. The normalized spacial score (nSPS) is 10.6. The summed E-state index contributed by atoms with van der Waals surface area (Å²) in [6, 6.07) is 11.4. The van der Waals surface area contributed by atoms with E-state index in [2.05, 4.69) is 32.5 Å². The Hall–Kier alpha value is -3.02. The van der Waals surface area contributed by atoms with Gasteiger partial charge in [-0.25, -0.2) is 9.97 Å².